The van der Waals surface area contributed by atoms with Gasteiger partial charge in [-0.2, -0.15) is 0 Å². The van der Waals surface area contributed by atoms with Crippen LogP contribution < -0.4 is 0 Å². The van der Waals surface area contributed by atoms with E-state index in [9.17, 15) is 4.79 Å². The van der Waals surface area contributed by atoms with Crippen LogP contribution in [0.3, 0.4) is 0 Å². The maximum Gasteiger partial charge on any atom is 0.407 e. The monoisotopic (exact) mass is 141 g/mol. The zero-order valence-electron chi connectivity index (χ0n) is 6.22. The molecule has 0 saturated heterocycles. The van der Waals surface area contributed by atoms with Gasteiger partial charge in [0.25, 0.3) is 0 Å². The van der Waals surface area contributed by atoms with E-state index in [4.69, 9.17) is 5.11 Å². The maximum atomic E-state index is 10.4. The summed E-state index contributed by atoms with van der Waals surface area (Å²) in [6.07, 6.45) is -0.823. The summed E-state index contributed by atoms with van der Waals surface area (Å²) < 4.78 is 0. The smallest absolute Gasteiger partial charge is 0.407 e. The number of carbonyl (C=O) groups is 1. The van der Waals surface area contributed by atoms with Crippen LogP contribution in [-0.4, -0.2) is 29.2 Å². The maximum absolute atomic E-state index is 10.4. The second kappa shape index (κ2) is 2.33. The Balaban J connectivity index is 2.59. The highest BCUT2D eigenvalue weighted by Crippen LogP contribution is 2.15. The van der Waals surface area contributed by atoms with Gasteiger partial charge in [-0.25, -0.2) is 4.79 Å². The molecule has 1 rings (SSSR count). The fourth-order valence-electron chi connectivity index (χ4n) is 1.03. The van der Waals surface area contributed by atoms with E-state index in [0.717, 1.165) is 0 Å². The van der Waals surface area contributed by atoms with E-state index in [0.29, 0.717) is 13.1 Å². The lowest BCUT2D eigenvalue weighted by molar-refractivity contribution is 0.156. The first-order chi connectivity index (χ1) is 4.61. The molecule has 10 heavy (non-hydrogen) atoms. The minimum Gasteiger partial charge on any atom is -0.465 e. The quantitative estimate of drug-likeness (QED) is 0.517. The lowest BCUT2D eigenvalue weighted by atomic mass is 10.2. The highest BCUT2D eigenvalue weighted by atomic mass is 16.4. The van der Waals surface area contributed by atoms with Crippen LogP contribution in [-0.2, 0) is 0 Å². The normalized spacial score (nSPS) is 18.4. The molecule has 0 unspecified atom stereocenters. The van der Waals surface area contributed by atoms with Crippen LogP contribution in [0.1, 0.15) is 13.8 Å². The largest absolute Gasteiger partial charge is 0.465 e. The van der Waals surface area contributed by atoms with Crippen LogP contribution in [0, 0.1) is 0 Å². The average molecular weight is 141 g/mol. The Morgan fingerprint density at radius 3 is 2.00 bits per heavy atom. The first kappa shape index (κ1) is 7.12. The molecule has 0 radical (unpaired) electrons. The molecule has 0 aliphatic carbocycles. The third-order valence-corrected chi connectivity index (χ3v) is 1.86. The number of amides is 1. The van der Waals surface area contributed by atoms with Gasteiger partial charge in [0.1, 0.15) is 0 Å². The van der Waals surface area contributed by atoms with Gasteiger partial charge >= 0.3 is 6.09 Å². The Morgan fingerprint density at radius 1 is 1.40 bits per heavy atom. The Labute approximate surface area is 59.9 Å². The minimum atomic E-state index is -0.823. The van der Waals surface area contributed by atoms with Gasteiger partial charge in [0.15, 0.2) is 0 Å². The Bertz CT molecular complexity index is 182. The number of nitrogens with zero attached hydrogens (tertiary/aromatic N) is 1. The Hall–Kier alpha value is -0.990. The molecule has 1 aliphatic heterocycles. The second-order valence-corrected chi connectivity index (χ2v) is 2.70. The predicted octanol–water partition coefficient (Wildman–Crippen LogP) is 1.32. The van der Waals surface area contributed by atoms with Crippen molar-refractivity contribution in [3.05, 3.63) is 11.1 Å². The number of rotatable bonds is 0. The summed E-state index contributed by atoms with van der Waals surface area (Å²) in [5, 5.41) is 8.55. The van der Waals surface area contributed by atoms with Crippen molar-refractivity contribution < 1.29 is 9.90 Å². The highest BCUT2D eigenvalue weighted by molar-refractivity contribution is 5.66. The minimum absolute atomic E-state index is 0.584. The molecule has 0 aromatic rings. The fourth-order valence-corrected chi connectivity index (χ4v) is 1.03. The molecule has 0 fully saturated rings. The Kier molecular flexibility index (Phi) is 1.66. The van der Waals surface area contributed by atoms with E-state index in [1.807, 2.05) is 13.8 Å². The van der Waals surface area contributed by atoms with Crippen molar-refractivity contribution in [1.82, 2.24) is 4.90 Å². The lowest BCUT2D eigenvalue weighted by Gasteiger charge is -2.09. The number of carboxylic acid groups (broad SMARTS) is 1. The molecule has 56 valence electrons. The van der Waals surface area contributed by atoms with Gasteiger partial charge in [0.2, 0.25) is 0 Å². The van der Waals surface area contributed by atoms with Crippen LogP contribution in [0.4, 0.5) is 4.79 Å². The van der Waals surface area contributed by atoms with E-state index in [1.54, 1.807) is 0 Å². The zero-order chi connectivity index (χ0) is 7.72. The van der Waals surface area contributed by atoms with Crippen molar-refractivity contribution in [3.8, 4) is 0 Å². The van der Waals surface area contributed by atoms with Crippen molar-refractivity contribution in [1.29, 1.82) is 0 Å². The molecule has 1 aliphatic rings. The van der Waals surface area contributed by atoms with Crippen molar-refractivity contribution in [2.75, 3.05) is 13.1 Å². The summed E-state index contributed by atoms with van der Waals surface area (Å²) in [6.45, 7) is 5.11. The average Bonchev–Trinajstić information content (AvgIpc) is 2.13. The topological polar surface area (TPSA) is 40.5 Å². The molecule has 0 aromatic carbocycles. The van der Waals surface area contributed by atoms with Gasteiger partial charge < -0.3 is 10.0 Å². The second-order valence-electron chi connectivity index (χ2n) is 2.70. The van der Waals surface area contributed by atoms with Crippen LogP contribution in [0.25, 0.3) is 0 Å². The summed E-state index contributed by atoms with van der Waals surface area (Å²) in [5.41, 5.74) is 2.37. The molecular formula is C7H11NO2. The standard InChI is InChI=1S/C7H11NO2/c1-5-3-8(7(9)10)4-6(5)2/h3-4H2,1-2H3,(H,9,10). The molecule has 0 bridgehead atoms. The zero-order valence-corrected chi connectivity index (χ0v) is 6.22. The third-order valence-electron chi connectivity index (χ3n) is 1.86. The van der Waals surface area contributed by atoms with E-state index in [-0.39, 0.29) is 0 Å². The lowest BCUT2D eigenvalue weighted by Crippen LogP contribution is -2.27. The number of hydrogen-bond donors (Lipinski definition) is 1. The molecule has 0 aromatic heterocycles. The number of hydrogen-bond acceptors (Lipinski definition) is 1. The molecule has 3 heteroatoms. The summed E-state index contributed by atoms with van der Waals surface area (Å²) >= 11 is 0. The van der Waals surface area contributed by atoms with Crippen LogP contribution in [0.5, 0.6) is 0 Å². The summed E-state index contributed by atoms with van der Waals surface area (Å²) in [5.74, 6) is 0. The van der Waals surface area contributed by atoms with Gasteiger partial charge in [-0.05, 0) is 13.8 Å². The molecule has 0 saturated carbocycles. The van der Waals surface area contributed by atoms with E-state index < -0.39 is 6.09 Å². The highest BCUT2D eigenvalue weighted by Gasteiger charge is 2.19. The summed E-state index contributed by atoms with van der Waals surface area (Å²) in [4.78, 5) is 11.8. The molecule has 1 amide bonds. The van der Waals surface area contributed by atoms with Crippen molar-refractivity contribution in [2.24, 2.45) is 0 Å². The van der Waals surface area contributed by atoms with Crippen LogP contribution in [0.2, 0.25) is 0 Å². The van der Waals surface area contributed by atoms with Crippen molar-refractivity contribution >= 4 is 6.09 Å². The van der Waals surface area contributed by atoms with E-state index in [2.05, 4.69) is 0 Å². The van der Waals surface area contributed by atoms with E-state index >= 15 is 0 Å². The predicted molar refractivity (Wildman–Crippen MR) is 38.0 cm³/mol. The first-order valence-corrected chi connectivity index (χ1v) is 3.24. The fraction of sp³-hybridized carbons (Fsp3) is 0.571. The molecular weight excluding hydrogens is 130 g/mol. The molecule has 1 N–H and O–H groups in total. The molecule has 0 atom stereocenters. The van der Waals surface area contributed by atoms with E-state index in [1.165, 1.54) is 16.0 Å². The molecule has 0 spiro atoms. The van der Waals surface area contributed by atoms with Gasteiger partial charge in [0, 0.05) is 13.1 Å². The van der Waals surface area contributed by atoms with Gasteiger partial charge in [0.05, 0.1) is 0 Å². The first-order valence-electron chi connectivity index (χ1n) is 3.24. The molecule has 3 nitrogen and oxygen atoms in total. The van der Waals surface area contributed by atoms with Gasteiger partial charge in [-0.3, -0.25) is 0 Å². The third kappa shape index (κ3) is 1.12. The van der Waals surface area contributed by atoms with Gasteiger partial charge in [-0.1, -0.05) is 11.1 Å². The van der Waals surface area contributed by atoms with Crippen LogP contribution in [0.15, 0.2) is 11.1 Å². The molecule has 1 heterocycles. The van der Waals surface area contributed by atoms with Crippen LogP contribution >= 0.6 is 0 Å². The van der Waals surface area contributed by atoms with Crippen molar-refractivity contribution in [2.45, 2.75) is 13.8 Å². The van der Waals surface area contributed by atoms with Crippen molar-refractivity contribution in [3.63, 3.8) is 0 Å². The van der Waals surface area contributed by atoms with Gasteiger partial charge in [-0.15, -0.1) is 0 Å². The summed E-state index contributed by atoms with van der Waals surface area (Å²) in [6, 6.07) is 0. The Morgan fingerprint density at radius 2 is 1.80 bits per heavy atom. The SMILES string of the molecule is CC1=C(C)CN(C(=O)O)C1. The summed E-state index contributed by atoms with van der Waals surface area (Å²) in [7, 11) is 0.